The smallest absolute Gasteiger partial charge is 0.312 e. The van der Waals surface area contributed by atoms with E-state index in [9.17, 15) is 9.59 Å². The van der Waals surface area contributed by atoms with E-state index in [2.05, 4.69) is 10.6 Å². The fourth-order valence-electron chi connectivity index (χ4n) is 1.69. The second kappa shape index (κ2) is 6.78. The van der Waals surface area contributed by atoms with Gasteiger partial charge in [-0.2, -0.15) is 0 Å². The lowest BCUT2D eigenvalue weighted by molar-refractivity contribution is -0.124. The van der Waals surface area contributed by atoms with Crippen LogP contribution in [0.2, 0.25) is 0 Å². The molecule has 1 unspecified atom stereocenters. The van der Waals surface area contributed by atoms with Gasteiger partial charge in [0.1, 0.15) is 6.04 Å². The SMILES string of the molecule is Cc1ccc(CNC(=O)C(NC(N)=O)C(C)C)cc1. The quantitative estimate of drug-likeness (QED) is 0.748. The molecule has 0 aliphatic heterocycles. The lowest BCUT2D eigenvalue weighted by Gasteiger charge is -2.20. The van der Waals surface area contributed by atoms with Crippen molar-refractivity contribution in [3.63, 3.8) is 0 Å². The molecule has 0 saturated heterocycles. The van der Waals surface area contributed by atoms with E-state index < -0.39 is 12.1 Å². The third-order valence-electron chi connectivity index (χ3n) is 2.83. The fraction of sp³-hybridized carbons (Fsp3) is 0.429. The number of amides is 3. The highest BCUT2D eigenvalue weighted by molar-refractivity contribution is 5.86. The highest BCUT2D eigenvalue weighted by Crippen LogP contribution is 2.05. The van der Waals surface area contributed by atoms with Gasteiger partial charge < -0.3 is 16.4 Å². The zero-order chi connectivity index (χ0) is 14.4. The third kappa shape index (κ3) is 4.99. The van der Waals surface area contributed by atoms with E-state index in [4.69, 9.17) is 5.73 Å². The number of rotatable bonds is 5. The van der Waals surface area contributed by atoms with Gasteiger partial charge in [-0.15, -0.1) is 0 Å². The van der Waals surface area contributed by atoms with E-state index in [1.807, 2.05) is 45.0 Å². The summed E-state index contributed by atoms with van der Waals surface area (Å²) in [5, 5.41) is 5.25. The molecule has 104 valence electrons. The van der Waals surface area contributed by atoms with Gasteiger partial charge in [0.2, 0.25) is 5.91 Å². The Hall–Kier alpha value is -2.04. The molecule has 1 aromatic carbocycles. The lowest BCUT2D eigenvalue weighted by atomic mass is 10.0. The van der Waals surface area contributed by atoms with Crippen molar-refractivity contribution in [2.45, 2.75) is 33.4 Å². The summed E-state index contributed by atoms with van der Waals surface area (Å²) in [4.78, 5) is 22.8. The number of nitrogens with one attached hydrogen (secondary N) is 2. The molecule has 5 heteroatoms. The number of urea groups is 1. The van der Waals surface area contributed by atoms with Crippen molar-refractivity contribution in [3.8, 4) is 0 Å². The van der Waals surface area contributed by atoms with Crippen LogP contribution in [0.25, 0.3) is 0 Å². The van der Waals surface area contributed by atoms with E-state index in [1.165, 1.54) is 5.56 Å². The summed E-state index contributed by atoms with van der Waals surface area (Å²) in [5.74, 6) is -0.250. The van der Waals surface area contributed by atoms with Crippen molar-refractivity contribution >= 4 is 11.9 Å². The molecule has 4 N–H and O–H groups in total. The van der Waals surface area contributed by atoms with Gasteiger partial charge in [0.05, 0.1) is 0 Å². The number of carbonyl (C=O) groups excluding carboxylic acids is 2. The first-order chi connectivity index (χ1) is 8.90. The maximum Gasteiger partial charge on any atom is 0.312 e. The van der Waals surface area contributed by atoms with E-state index in [-0.39, 0.29) is 11.8 Å². The van der Waals surface area contributed by atoms with Crippen LogP contribution in [0.5, 0.6) is 0 Å². The number of carbonyl (C=O) groups is 2. The Balaban J connectivity index is 2.57. The molecular formula is C14H21N3O2. The van der Waals surface area contributed by atoms with Crippen molar-refractivity contribution in [1.82, 2.24) is 10.6 Å². The first kappa shape index (κ1) is 15.0. The van der Waals surface area contributed by atoms with Gasteiger partial charge in [0.15, 0.2) is 0 Å². The van der Waals surface area contributed by atoms with E-state index in [0.717, 1.165) is 5.56 Å². The van der Waals surface area contributed by atoms with Crippen LogP contribution in [0.4, 0.5) is 4.79 Å². The Kier molecular flexibility index (Phi) is 5.36. The minimum atomic E-state index is -0.691. The maximum atomic E-state index is 12.0. The molecular weight excluding hydrogens is 242 g/mol. The molecule has 19 heavy (non-hydrogen) atoms. The van der Waals surface area contributed by atoms with Gasteiger partial charge in [0.25, 0.3) is 0 Å². The first-order valence-electron chi connectivity index (χ1n) is 6.29. The van der Waals surface area contributed by atoms with Gasteiger partial charge in [-0.05, 0) is 18.4 Å². The average Bonchev–Trinajstić information content (AvgIpc) is 2.34. The van der Waals surface area contributed by atoms with Crippen LogP contribution in [0, 0.1) is 12.8 Å². The molecule has 1 aromatic rings. The van der Waals surface area contributed by atoms with Crippen molar-refractivity contribution < 1.29 is 9.59 Å². The van der Waals surface area contributed by atoms with Gasteiger partial charge in [-0.1, -0.05) is 43.7 Å². The third-order valence-corrected chi connectivity index (χ3v) is 2.83. The average molecular weight is 263 g/mol. The molecule has 1 rings (SSSR count). The summed E-state index contributed by atoms with van der Waals surface area (Å²) < 4.78 is 0. The fourth-order valence-corrected chi connectivity index (χ4v) is 1.69. The molecule has 0 radical (unpaired) electrons. The van der Waals surface area contributed by atoms with E-state index in [1.54, 1.807) is 0 Å². The molecule has 0 aromatic heterocycles. The number of benzene rings is 1. The van der Waals surface area contributed by atoms with Crippen molar-refractivity contribution in [2.75, 3.05) is 0 Å². The van der Waals surface area contributed by atoms with E-state index >= 15 is 0 Å². The Morgan fingerprint density at radius 3 is 2.26 bits per heavy atom. The number of nitrogens with two attached hydrogens (primary N) is 1. The normalized spacial score (nSPS) is 12.0. The molecule has 5 nitrogen and oxygen atoms in total. The van der Waals surface area contributed by atoms with Crippen LogP contribution in [0.3, 0.4) is 0 Å². The molecule has 0 fully saturated rings. The molecule has 0 aliphatic carbocycles. The van der Waals surface area contributed by atoms with Crippen molar-refractivity contribution in [3.05, 3.63) is 35.4 Å². The minimum absolute atomic E-state index is 0.0227. The first-order valence-corrected chi connectivity index (χ1v) is 6.29. The highest BCUT2D eigenvalue weighted by atomic mass is 16.2. The molecule has 0 spiro atoms. The summed E-state index contributed by atoms with van der Waals surface area (Å²) in [6.45, 7) is 6.15. The predicted octanol–water partition coefficient (Wildman–Crippen LogP) is 1.30. The number of aryl methyl sites for hydroxylation is 1. The van der Waals surface area contributed by atoms with Crippen LogP contribution >= 0.6 is 0 Å². The van der Waals surface area contributed by atoms with Crippen LogP contribution < -0.4 is 16.4 Å². The topological polar surface area (TPSA) is 84.2 Å². The van der Waals surface area contributed by atoms with Gasteiger partial charge in [-0.25, -0.2) is 4.79 Å². The lowest BCUT2D eigenvalue weighted by Crippen LogP contribution is -2.51. The number of hydrogen-bond acceptors (Lipinski definition) is 2. The Bertz CT molecular complexity index is 441. The largest absolute Gasteiger partial charge is 0.352 e. The van der Waals surface area contributed by atoms with E-state index in [0.29, 0.717) is 6.54 Å². The van der Waals surface area contributed by atoms with Crippen molar-refractivity contribution in [2.24, 2.45) is 11.7 Å². The minimum Gasteiger partial charge on any atom is -0.352 e. The summed E-state index contributed by atoms with van der Waals surface area (Å²) in [7, 11) is 0. The van der Waals surface area contributed by atoms with Crippen LogP contribution in [0.15, 0.2) is 24.3 Å². The van der Waals surface area contributed by atoms with Crippen LogP contribution in [-0.4, -0.2) is 18.0 Å². The second-order valence-electron chi connectivity index (χ2n) is 4.93. The zero-order valence-electron chi connectivity index (χ0n) is 11.6. The maximum absolute atomic E-state index is 12.0. The summed E-state index contributed by atoms with van der Waals surface area (Å²) in [6.07, 6.45) is 0. The molecule has 0 saturated carbocycles. The Morgan fingerprint density at radius 2 is 1.79 bits per heavy atom. The Labute approximate surface area is 113 Å². The summed E-state index contributed by atoms with van der Waals surface area (Å²) in [6, 6.07) is 6.60. The van der Waals surface area contributed by atoms with Crippen LogP contribution in [0.1, 0.15) is 25.0 Å². The van der Waals surface area contributed by atoms with Gasteiger partial charge in [0, 0.05) is 6.54 Å². The zero-order valence-corrected chi connectivity index (χ0v) is 11.6. The predicted molar refractivity (Wildman–Crippen MR) is 74.4 cm³/mol. The second-order valence-corrected chi connectivity index (χ2v) is 4.93. The standard InChI is InChI=1S/C14H21N3O2/c1-9(2)12(17-14(15)19)13(18)16-8-11-6-4-10(3)5-7-11/h4-7,9,12H,8H2,1-3H3,(H,16,18)(H3,15,17,19). The highest BCUT2D eigenvalue weighted by Gasteiger charge is 2.22. The molecule has 0 aliphatic rings. The van der Waals surface area contributed by atoms with Crippen LogP contribution in [-0.2, 0) is 11.3 Å². The molecule has 3 amide bonds. The number of hydrogen-bond donors (Lipinski definition) is 3. The summed E-state index contributed by atoms with van der Waals surface area (Å²) in [5.41, 5.74) is 7.25. The monoisotopic (exact) mass is 263 g/mol. The summed E-state index contributed by atoms with van der Waals surface area (Å²) >= 11 is 0. The Morgan fingerprint density at radius 1 is 1.21 bits per heavy atom. The molecule has 0 heterocycles. The number of primary amides is 1. The van der Waals surface area contributed by atoms with Gasteiger partial charge >= 0.3 is 6.03 Å². The van der Waals surface area contributed by atoms with Crippen molar-refractivity contribution in [1.29, 1.82) is 0 Å². The molecule has 0 bridgehead atoms. The molecule has 1 atom stereocenters. The van der Waals surface area contributed by atoms with Gasteiger partial charge in [-0.3, -0.25) is 4.79 Å².